The molecular weight excluding hydrogens is 292 g/mol. The molecule has 21 heavy (non-hydrogen) atoms. The summed E-state index contributed by atoms with van der Waals surface area (Å²) in [6.45, 7) is 7.75. The first kappa shape index (κ1) is 16.4. The first-order valence-electron chi connectivity index (χ1n) is 7.00. The number of hydrogen-bond donors (Lipinski definition) is 1. The van der Waals surface area contributed by atoms with Crippen molar-refractivity contribution in [2.45, 2.75) is 18.7 Å². The summed E-state index contributed by atoms with van der Waals surface area (Å²) in [6, 6.07) is 5.31. The Kier molecular flexibility index (Phi) is 5.72. The average Bonchev–Trinajstić information content (AvgIpc) is 2.47. The standard InChI is InChI=1S/C14H22N2O4S/c1-12-3-4-13(2)14(11-12)21(17,18)15-20-10-7-16-5-8-19-9-6-16/h3-4,11,15H,5-10H2,1-2H3. The minimum Gasteiger partial charge on any atom is -0.379 e. The molecular formula is C14H22N2O4S. The largest absolute Gasteiger partial charge is 0.379 e. The smallest absolute Gasteiger partial charge is 0.262 e. The SMILES string of the molecule is Cc1ccc(C)c(S(=O)(=O)NOCCN2CCOCC2)c1. The van der Waals surface area contributed by atoms with Crippen LogP contribution in [0.15, 0.2) is 23.1 Å². The van der Waals surface area contributed by atoms with Crippen molar-refractivity contribution in [3.05, 3.63) is 29.3 Å². The van der Waals surface area contributed by atoms with Gasteiger partial charge in [-0.1, -0.05) is 17.0 Å². The van der Waals surface area contributed by atoms with E-state index in [0.29, 0.717) is 31.9 Å². The van der Waals surface area contributed by atoms with Crippen LogP contribution in [0.4, 0.5) is 0 Å². The summed E-state index contributed by atoms with van der Waals surface area (Å²) in [7, 11) is -3.63. The zero-order valence-electron chi connectivity index (χ0n) is 12.5. The Balaban J connectivity index is 1.85. The summed E-state index contributed by atoms with van der Waals surface area (Å²) in [4.78, 5) is 9.76. The maximum absolute atomic E-state index is 12.2. The lowest BCUT2D eigenvalue weighted by Gasteiger charge is -2.26. The number of rotatable bonds is 6. The normalized spacial score (nSPS) is 17.0. The number of sulfonamides is 1. The first-order chi connectivity index (χ1) is 9.99. The van der Waals surface area contributed by atoms with Crippen LogP contribution < -0.4 is 4.89 Å². The molecule has 1 aromatic carbocycles. The highest BCUT2D eigenvalue weighted by atomic mass is 32.2. The van der Waals surface area contributed by atoms with E-state index >= 15 is 0 Å². The summed E-state index contributed by atoms with van der Waals surface area (Å²) in [6.07, 6.45) is 0. The Hall–Kier alpha value is -0.990. The van der Waals surface area contributed by atoms with Crippen molar-refractivity contribution in [2.75, 3.05) is 39.5 Å². The van der Waals surface area contributed by atoms with Crippen LogP contribution in [0.1, 0.15) is 11.1 Å². The van der Waals surface area contributed by atoms with Crippen molar-refractivity contribution in [2.24, 2.45) is 0 Å². The molecule has 1 saturated heterocycles. The zero-order valence-corrected chi connectivity index (χ0v) is 13.3. The number of aryl methyl sites for hydroxylation is 2. The molecule has 7 heteroatoms. The highest BCUT2D eigenvalue weighted by Gasteiger charge is 2.17. The van der Waals surface area contributed by atoms with Crippen molar-refractivity contribution in [3.8, 4) is 0 Å². The van der Waals surface area contributed by atoms with E-state index in [-0.39, 0.29) is 4.90 Å². The lowest BCUT2D eigenvalue weighted by molar-refractivity contribution is 0.0125. The second-order valence-corrected chi connectivity index (χ2v) is 6.77. The molecule has 118 valence electrons. The van der Waals surface area contributed by atoms with E-state index in [1.165, 1.54) is 0 Å². The fourth-order valence-corrected chi connectivity index (χ4v) is 3.32. The Bertz CT molecular complexity index is 568. The third-order valence-corrected chi connectivity index (χ3v) is 4.77. The van der Waals surface area contributed by atoms with Crippen LogP contribution >= 0.6 is 0 Å². The second-order valence-electron chi connectivity index (χ2n) is 5.16. The van der Waals surface area contributed by atoms with Crippen LogP contribution in [-0.4, -0.2) is 52.8 Å². The molecule has 1 N–H and O–H groups in total. The van der Waals surface area contributed by atoms with Gasteiger partial charge in [-0.15, -0.1) is 0 Å². The molecule has 0 spiro atoms. The number of benzene rings is 1. The van der Waals surface area contributed by atoms with Gasteiger partial charge in [0.25, 0.3) is 10.0 Å². The van der Waals surface area contributed by atoms with Crippen LogP contribution in [0.3, 0.4) is 0 Å². The van der Waals surface area contributed by atoms with Crippen LogP contribution in [0, 0.1) is 13.8 Å². The molecule has 0 radical (unpaired) electrons. The number of hydrogen-bond acceptors (Lipinski definition) is 5. The van der Waals surface area contributed by atoms with Crippen molar-refractivity contribution in [3.63, 3.8) is 0 Å². The van der Waals surface area contributed by atoms with Crippen molar-refractivity contribution in [1.82, 2.24) is 9.79 Å². The molecule has 1 heterocycles. The third kappa shape index (κ3) is 4.76. The molecule has 0 aliphatic carbocycles. The van der Waals surface area contributed by atoms with E-state index in [1.807, 2.05) is 13.0 Å². The molecule has 0 amide bonds. The first-order valence-corrected chi connectivity index (χ1v) is 8.48. The molecule has 0 atom stereocenters. The van der Waals surface area contributed by atoms with Gasteiger partial charge in [0, 0.05) is 19.6 Å². The van der Waals surface area contributed by atoms with Gasteiger partial charge in [0.2, 0.25) is 0 Å². The molecule has 0 aromatic heterocycles. The predicted molar refractivity (Wildman–Crippen MR) is 79.4 cm³/mol. The Morgan fingerprint density at radius 3 is 2.71 bits per heavy atom. The molecule has 2 rings (SSSR count). The fraction of sp³-hybridized carbons (Fsp3) is 0.571. The molecule has 1 aliphatic rings. The van der Waals surface area contributed by atoms with Crippen LogP contribution in [0.25, 0.3) is 0 Å². The monoisotopic (exact) mass is 314 g/mol. The quantitative estimate of drug-likeness (QED) is 0.623. The van der Waals surface area contributed by atoms with Gasteiger partial charge >= 0.3 is 0 Å². The highest BCUT2D eigenvalue weighted by molar-refractivity contribution is 7.89. The number of morpholine rings is 1. The Labute approximate surface area is 126 Å². The fourth-order valence-electron chi connectivity index (χ4n) is 2.16. The van der Waals surface area contributed by atoms with E-state index in [9.17, 15) is 8.42 Å². The molecule has 6 nitrogen and oxygen atoms in total. The molecule has 1 aliphatic heterocycles. The molecule has 1 aromatic rings. The summed E-state index contributed by atoms with van der Waals surface area (Å²) < 4.78 is 29.6. The van der Waals surface area contributed by atoms with Gasteiger partial charge in [0.1, 0.15) is 0 Å². The van der Waals surface area contributed by atoms with Gasteiger partial charge in [-0.2, -0.15) is 0 Å². The van der Waals surface area contributed by atoms with Gasteiger partial charge < -0.3 is 4.74 Å². The van der Waals surface area contributed by atoms with E-state index in [2.05, 4.69) is 9.79 Å². The maximum Gasteiger partial charge on any atom is 0.262 e. The van der Waals surface area contributed by atoms with Gasteiger partial charge in [0.15, 0.2) is 0 Å². The summed E-state index contributed by atoms with van der Waals surface area (Å²) in [5.74, 6) is 0. The van der Waals surface area contributed by atoms with Gasteiger partial charge in [-0.05, 0) is 31.0 Å². The number of nitrogens with zero attached hydrogens (tertiary/aromatic N) is 1. The van der Waals surface area contributed by atoms with Gasteiger partial charge in [-0.3, -0.25) is 9.74 Å². The second kappa shape index (κ2) is 7.33. The predicted octanol–water partition coefficient (Wildman–Crippen LogP) is 0.846. The lowest BCUT2D eigenvalue weighted by Crippen LogP contribution is -2.39. The van der Waals surface area contributed by atoms with Crippen LogP contribution in [0.5, 0.6) is 0 Å². The van der Waals surface area contributed by atoms with E-state index in [0.717, 1.165) is 18.7 Å². The molecule has 1 fully saturated rings. The lowest BCUT2D eigenvalue weighted by atomic mass is 10.2. The third-order valence-electron chi connectivity index (χ3n) is 3.42. The number of nitrogens with one attached hydrogen (secondary N) is 1. The average molecular weight is 314 g/mol. The Morgan fingerprint density at radius 2 is 2.00 bits per heavy atom. The summed E-state index contributed by atoms with van der Waals surface area (Å²) >= 11 is 0. The van der Waals surface area contributed by atoms with Crippen molar-refractivity contribution >= 4 is 10.0 Å². The van der Waals surface area contributed by atoms with Crippen molar-refractivity contribution < 1.29 is 18.0 Å². The molecule has 0 unspecified atom stereocenters. The zero-order chi connectivity index (χ0) is 15.3. The topological polar surface area (TPSA) is 67.9 Å². The van der Waals surface area contributed by atoms with Gasteiger partial charge in [0.05, 0.1) is 24.7 Å². The van der Waals surface area contributed by atoms with Gasteiger partial charge in [-0.25, -0.2) is 8.42 Å². The summed E-state index contributed by atoms with van der Waals surface area (Å²) in [5, 5.41) is 0. The molecule has 0 bridgehead atoms. The minimum atomic E-state index is -3.63. The van der Waals surface area contributed by atoms with E-state index in [4.69, 9.17) is 9.57 Å². The van der Waals surface area contributed by atoms with E-state index < -0.39 is 10.0 Å². The number of ether oxygens (including phenoxy) is 1. The maximum atomic E-state index is 12.2. The summed E-state index contributed by atoms with van der Waals surface area (Å²) in [5.41, 5.74) is 1.60. The van der Waals surface area contributed by atoms with Crippen LogP contribution in [-0.2, 0) is 19.6 Å². The Morgan fingerprint density at radius 1 is 1.29 bits per heavy atom. The molecule has 0 saturated carbocycles. The van der Waals surface area contributed by atoms with Crippen LogP contribution in [0.2, 0.25) is 0 Å². The van der Waals surface area contributed by atoms with E-state index in [1.54, 1.807) is 19.1 Å². The minimum absolute atomic E-state index is 0.258. The van der Waals surface area contributed by atoms with Crippen molar-refractivity contribution in [1.29, 1.82) is 0 Å². The highest BCUT2D eigenvalue weighted by Crippen LogP contribution is 2.16.